The maximum atomic E-state index is 13.4. The Hall–Kier alpha value is -2.37. The molecule has 0 saturated heterocycles. The van der Waals surface area contributed by atoms with E-state index in [2.05, 4.69) is 4.98 Å². The van der Waals surface area contributed by atoms with Crippen LogP contribution in [0.3, 0.4) is 0 Å². The molecule has 0 amide bonds. The van der Waals surface area contributed by atoms with Crippen LogP contribution in [-0.2, 0) is 6.42 Å². The van der Waals surface area contributed by atoms with Crippen LogP contribution in [0.2, 0.25) is 0 Å². The van der Waals surface area contributed by atoms with E-state index in [0.717, 1.165) is 10.6 Å². The van der Waals surface area contributed by atoms with Crippen molar-refractivity contribution in [1.29, 1.82) is 0 Å². The summed E-state index contributed by atoms with van der Waals surface area (Å²) in [4.78, 5) is 25.4. The van der Waals surface area contributed by atoms with Gasteiger partial charge in [0.05, 0.1) is 11.3 Å². The minimum atomic E-state index is -0.801. The van der Waals surface area contributed by atoms with Gasteiger partial charge in [0.2, 0.25) is 5.88 Å². The Morgan fingerprint density at radius 1 is 1.32 bits per heavy atom. The zero-order valence-electron chi connectivity index (χ0n) is 10.5. The Kier molecular flexibility index (Phi) is 3.25. The monoisotopic (exact) mass is 264 g/mol. The summed E-state index contributed by atoms with van der Waals surface area (Å²) >= 11 is 0. The van der Waals surface area contributed by atoms with Crippen molar-refractivity contribution in [2.24, 2.45) is 0 Å². The molecule has 0 bridgehead atoms. The molecule has 19 heavy (non-hydrogen) atoms. The number of aromatic hydroxyl groups is 1. The molecule has 0 aliphatic rings. The lowest BCUT2D eigenvalue weighted by molar-refractivity contribution is 0.423. The van der Waals surface area contributed by atoms with Crippen molar-refractivity contribution in [1.82, 2.24) is 9.55 Å². The average Bonchev–Trinajstić information content (AvgIpc) is 2.27. The van der Waals surface area contributed by atoms with Crippen molar-refractivity contribution in [3.8, 4) is 11.6 Å². The minimum absolute atomic E-state index is 0.0847. The number of benzene rings is 1. The number of H-pyrrole nitrogens is 1. The molecule has 2 aromatic rings. The fourth-order valence-electron chi connectivity index (χ4n) is 1.97. The van der Waals surface area contributed by atoms with Crippen LogP contribution in [0.5, 0.6) is 5.88 Å². The summed E-state index contributed by atoms with van der Waals surface area (Å²) in [5.74, 6) is -0.980. The number of aromatic amines is 1. The fraction of sp³-hybridized carbons (Fsp3) is 0.231. The maximum absolute atomic E-state index is 13.4. The summed E-state index contributed by atoms with van der Waals surface area (Å²) in [6, 6.07) is 3.96. The van der Waals surface area contributed by atoms with E-state index in [1.165, 1.54) is 6.07 Å². The van der Waals surface area contributed by atoms with Gasteiger partial charge in [0.1, 0.15) is 5.82 Å². The lowest BCUT2D eigenvalue weighted by atomic mass is 10.2. The van der Waals surface area contributed by atoms with Crippen molar-refractivity contribution in [3.63, 3.8) is 0 Å². The highest BCUT2D eigenvalue weighted by Gasteiger charge is 2.14. The Balaban J connectivity index is 2.82. The highest BCUT2D eigenvalue weighted by molar-refractivity contribution is 5.40. The average molecular weight is 264 g/mol. The molecule has 5 nitrogen and oxygen atoms in total. The summed E-state index contributed by atoms with van der Waals surface area (Å²) in [6.45, 7) is 3.34. The lowest BCUT2D eigenvalue weighted by Crippen LogP contribution is -2.31. The van der Waals surface area contributed by atoms with Gasteiger partial charge in [0.25, 0.3) is 5.56 Å². The third-order valence-electron chi connectivity index (χ3n) is 2.82. The van der Waals surface area contributed by atoms with Crippen LogP contribution in [0, 0.1) is 12.7 Å². The number of hydrogen-bond acceptors (Lipinski definition) is 3. The van der Waals surface area contributed by atoms with Crippen LogP contribution in [0.1, 0.15) is 18.1 Å². The molecule has 6 heteroatoms. The highest BCUT2D eigenvalue weighted by atomic mass is 19.1. The smallest absolute Gasteiger partial charge is 0.335 e. The van der Waals surface area contributed by atoms with Gasteiger partial charge in [-0.1, -0.05) is 6.92 Å². The number of aromatic nitrogens is 2. The predicted molar refractivity (Wildman–Crippen MR) is 68.4 cm³/mol. The number of aryl methyl sites for hydroxylation is 1. The molecule has 100 valence electrons. The summed E-state index contributed by atoms with van der Waals surface area (Å²) < 4.78 is 14.3. The van der Waals surface area contributed by atoms with Gasteiger partial charge in [-0.3, -0.25) is 9.78 Å². The Labute approximate surface area is 108 Å². The van der Waals surface area contributed by atoms with Gasteiger partial charge in [-0.25, -0.2) is 13.8 Å². The lowest BCUT2D eigenvalue weighted by Gasteiger charge is -2.11. The molecule has 1 heterocycles. The number of halogens is 1. The number of nitrogens with one attached hydrogen (secondary N) is 1. The normalized spacial score (nSPS) is 10.7. The van der Waals surface area contributed by atoms with Crippen molar-refractivity contribution in [2.75, 3.05) is 0 Å². The molecule has 0 atom stereocenters. The van der Waals surface area contributed by atoms with Gasteiger partial charge in [-0.15, -0.1) is 0 Å². The van der Waals surface area contributed by atoms with Gasteiger partial charge < -0.3 is 5.11 Å². The van der Waals surface area contributed by atoms with Crippen LogP contribution in [-0.4, -0.2) is 14.7 Å². The molecule has 1 aromatic carbocycles. The van der Waals surface area contributed by atoms with Gasteiger partial charge in [-0.2, -0.15) is 0 Å². The molecule has 0 unspecified atom stereocenters. The standard InChI is InChI=1S/C13H13FN2O3/c1-3-10-11(17)15-13(19)16(12(10)18)9-5-7(2)4-8(14)6-9/h4-6,18H,3H2,1-2H3,(H,15,17,19). The van der Waals surface area contributed by atoms with Crippen LogP contribution in [0.25, 0.3) is 5.69 Å². The van der Waals surface area contributed by atoms with Crippen molar-refractivity contribution in [3.05, 3.63) is 56.0 Å². The Morgan fingerprint density at radius 2 is 2.00 bits per heavy atom. The van der Waals surface area contributed by atoms with Gasteiger partial charge in [-0.05, 0) is 37.1 Å². The van der Waals surface area contributed by atoms with E-state index in [1.807, 2.05) is 0 Å². The first-order valence-corrected chi connectivity index (χ1v) is 5.78. The fourth-order valence-corrected chi connectivity index (χ4v) is 1.97. The first-order chi connectivity index (χ1) is 8.93. The second-order valence-corrected chi connectivity index (χ2v) is 4.24. The van der Waals surface area contributed by atoms with E-state index in [1.54, 1.807) is 19.9 Å². The molecule has 0 saturated carbocycles. The summed E-state index contributed by atoms with van der Waals surface area (Å²) in [5, 5.41) is 10.0. The van der Waals surface area contributed by atoms with Gasteiger partial charge in [0.15, 0.2) is 0 Å². The number of nitrogens with zero attached hydrogens (tertiary/aromatic N) is 1. The van der Waals surface area contributed by atoms with Gasteiger partial charge in [0, 0.05) is 0 Å². The Bertz CT molecular complexity index is 726. The van der Waals surface area contributed by atoms with Crippen molar-refractivity contribution < 1.29 is 9.50 Å². The minimum Gasteiger partial charge on any atom is -0.494 e. The molecule has 0 aliphatic heterocycles. The number of rotatable bonds is 2. The molecule has 0 fully saturated rings. The second kappa shape index (κ2) is 4.72. The molecular weight excluding hydrogens is 251 g/mol. The maximum Gasteiger partial charge on any atom is 0.335 e. The van der Waals surface area contributed by atoms with E-state index >= 15 is 0 Å². The third-order valence-corrected chi connectivity index (χ3v) is 2.82. The van der Waals surface area contributed by atoms with E-state index in [0.29, 0.717) is 5.56 Å². The molecule has 1 aromatic heterocycles. The van der Waals surface area contributed by atoms with Gasteiger partial charge >= 0.3 is 5.69 Å². The molecule has 0 aliphatic carbocycles. The van der Waals surface area contributed by atoms with E-state index in [-0.39, 0.29) is 17.7 Å². The van der Waals surface area contributed by atoms with E-state index < -0.39 is 22.9 Å². The zero-order chi connectivity index (χ0) is 14.2. The van der Waals surface area contributed by atoms with E-state index in [9.17, 15) is 19.1 Å². The topological polar surface area (TPSA) is 75.1 Å². The largest absolute Gasteiger partial charge is 0.494 e. The first-order valence-electron chi connectivity index (χ1n) is 5.78. The first kappa shape index (κ1) is 13.1. The van der Waals surface area contributed by atoms with Crippen molar-refractivity contribution in [2.45, 2.75) is 20.3 Å². The molecule has 2 N–H and O–H groups in total. The second-order valence-electron chi connectivity index (χ2n) is 4.24. The SMILES string of the molecule is CCc1c(O)n(-c2cc(C)cc(F)c2)c(=O)[nH]c1=O. The summed E-state index contributed by atoms with van der Waals surface area (Å²) in [5.41, 5.74) is -0.572. The van der Waals surface area contributed by atoms with Crippen LogP contribution >= 0.6 is 0 Å². The number of hydrogen-bond donors (Lipinski definition) is 2. The molecular formula is C13H13FN2O3. The zero-order valence-corrected chi connectivity index (χ0v) is 10.5. The molecule has 0 radical (unpaired) electrons. The third kappa shape index (κ3) is 2.29. The highest BCUT2D eigenvalue weighted by Crippen LogP contribution is 2.18. The Morgan fingerprint density at radius 3 is 2.58 bits per heavy atom. The van der Waals surface area contributed by atoms with Crippen LogP contribution in [0.15, 0.2) is 27.8 Å². The van der Waals surface area contributed by atoms with Crippen LogP contribution < -0.4 is 11.2 Å². The molecule has 2 rings (SSSR count). The summed E-state index contributed by atoms with van der Waals surface area (Å²) in [7, 11) is 0. The molecule has 0 spiro atoms. The summed E-state index contributed by atoms with van der Waals surface area (Å²) in [6.07, 6.45) is 0.260. The van der Waals surface area contributed by atoms with Crippen molar-refractivity contribution >= 4 is 0 Å². The quantitative estimate of drug-likeness (QED) is 0.857. The predicted octanol–water partition coefficient (Wildman–Crippen LogP) is 1.24. The van der Waals surface area contributed by atoms with Crippen LogP contribution in [0.4, 0.5) is 4.39 Å². The van der Waals surface area contributed by atoms with E-state index in [4.69, 9.17) is 0 Å².